The van der Waals surface area contributed by atoms with Crippen LogP contribution in [0.3, 0.4) is 0 Å². The molecule has 0 saturated carbocycles. The lowest BCUT2D eigenvalue weighted by atomic mass is 9.96. The van der Waals surface area contributed by atoms with Crippen LogP contribution in [0, 0.1) is 0 Å². The Morgan fingerprint density at radius 1 is 1.00 bits per heavy atom. The van der Waals surface area contributed by atoms with Crippen molar-refractivity contribution < 1.29 is 9.84 Å². The van der Waals surface area contributed by atoms with Gasteiger partial charge in [-0.1, -0.05) is 32.6 Å². The summed E-state index contributed by atoms with van der Waals surface area (Å²) in [4.78, 5) is 0. The maximum absolute atomic E-state index is 9.24. The highest BCUT2D eigenvalue weighted by molar-refractivity contribution is 4.79. The van der Waals surface area contributed by atoms with Crippen molar-refractivity contribution in [1.82, 2.24) is 5.32 Å². The zero-order valence-corrected chi connectivity index (χ0v) is 12.6. The van der Waals surface area contributed by atoms with Gasteiger partial charge in [-0.05, 0) is 39.7 Å². The highest BCUT2D eigenvalue weighted by Gasteiger charge is 2.19. The second kappa shape index (κ2) is 11.9. The van der Waals surface area contributed by atoms with E-state index in [0.29, 0.717) is 0 Å². The summed E-state index contributed by atoms with van der Waals surface area (Å²) < 4.78 is 5.61. The van der Waals surface area contributed by atoms with E-state index in [1.807, 2.05) is 7.05 Å². The molecule has 0 rings (SSSR count). The predicted molar refractivity (Wildman–Crippen MR) is 78.0 cm³/mol. The molecule has 1 atom stereocenters. The van der Waals surface area contributed by atoms with Gasteiger partial charge in [0.1, 0.15) is 0 Å². The highest BCUT2D eigenvalue weighted by atomic mass is 16.5. The van der Waals surface area contributed by atoms with Crippen LogP contribution >= 0.6 is 0 Å². The molecule has 0 saturated heterocycles. The molecule has 18 heavy (non-hydrogen) atoms. The molecule has 0 bridgehead atoms. The Balaban J connectivity index is 3.21. The van der Waals surface area contributed by atoms with Gasteiger partial charge in [-0.25, -0.2) is 0 Å². The second-order valence-corrected chi connectivity index (χ2v) is 5.45. The molecule has 3 nitrogen and oxygen atoms in total. The molecule has 0 aromatic rings. The van der Waals surface area contributed by atoms with Gasteiger partial charge in [-0.2, -0.15) is 0 Å². The number of unbranched alkanes of at least 4 members (excludes halogenated alkanes) is 5. The van der Waals surface area contributed by atoms with E-state index in [-0.39, 0.29) is 12.1 Å². The summed E-state index contributed by atoms with van der Waals surface area (Å²) in [6.45, 7) is 6.26. The van der Waals surface area contributed by atoms with Gasteiger partial charge in [0.25, 0.3) is 0 Å². The lowest BCUT2D eigenvalue weighted by Crippen LogP contribution is -2.43. The van der Waals surface area contributed by atoms with Crippen LogP contribution in [-0.4, -0.2) is 37.5 Å². The van der Waals surface area contributed by atoms with Crippen LogP contribution in [0.2, 0.25) is 0 Å². The number of nitrogens with one attached hydrogen (secondary N) is 1. The van der Waals surface area contributed by atoms with Crippen LogP contribution in [0.4, 0.5) is 0 Å². The Bertz CT molecular complexity index is 170. The molecular formula is C15H33NO2. The molecular weight excluding hydrogens is 226 g/mol. The summed E-state index contributed by atoms with van der Waals surface area (Å²) in [5.41, 5.74) is -0.125. The van der Waals surface area contributed by atoms with Gasteiger partial charge >= 0.3 is 0 Å². The van der Waals surface area contributed by atoms with E-state index in [0.717, 1.165) is 32.5 Å². The van der Waals surface area contributed by atoms with Crippen molar-refractivity contribution in [3.05, 3.63) is 0 Å². The van der Waals surface area contributed by atoms with Gasteiger partial charge in [0.15, 0.2) is 0 Å². The molecule has 0 aromatic carbocycles. The molecule has 0 spiro atoms. The average Bonchev–Trinajstić information content (AvgIpc) is 2.40. The maximum Gasteiger partial charge on any atom is 0.0610 e. The molecule has 0 fully saturated rings. The van der Waals surface area contributed by atoms with Crippen LogP contribution in [0.25, 0.3) is 0 Å². The Hall–Kier alpha value is -0.120. The van der Waals surface area contributed by atoms with Crippen LogP contribution < -0.4 is 5.32 Å². The summed E-state index contributed by atoms with van der Waals surface area (Å²) in [7, 11) is 1.91. The van der Waals surface area contributed by atoms with Crippen LogP contribution in [0.5, 0.6) is 0 Å². The first kappa shape index (κ1) is 17.9. The molecule has 0 aliphatic heterocycles. The summed E-state index contributed by atoms with van der Waals surface area (Å²) in [6, 6.07) is 0. The van der Waals surface area contributed by atoms with Gasteiger partial charge in [-0.15, -0.1) is 0 Å². The quantitative estimate of drug-likeness (QED) is 0.499. The maximum atomic E-state index is 9.24. The lowest BCUT2D eigenvalue weighted by molar-refractivity contribution is 0.119. The predicted octanol–water partition coefficient (Wildman–Crippen LogP) is 3.11. The first-order valence-corrected chi connectivity index (χ1v) is 7.56. The molecule has 0 aliphatic rings. The van der Waals surface area contributed by atoms with Crippen molar-refractivity contribution in [2.45, 2.75) is 70.8 Å². The van der Waals surface area contributed by atoms with E-state index in [1.165, 1.54) is 32.1 Å². The third-order valence-electron chi connectivity index (χ3n) is 3.61. The molecule has 0 aromatic heterocycles. The van der Waals surface area contributed by atoms with E-state index < -0.39 is 0 Å². The summed E-state index contributed by atoms with van der Waals surface area (Å²) in [5.74, 6) is 0. The minimum absolute atomic E-state index is 0.125. The number of aliphatic hydroxyl groups excluding tert-OH is 1. The fourth-order valence-electron chi connectivity index (χ4n) is 1.91. The molecule has 0 amide bonds. The SMILES string of the molecule is CCCCCCCOCCCCC(C)(CO)NC. The van der Waals surface area contributed by atoms with E-state index in [4.69, 9.17) is 4.74 Å². The number of hydrogen-bond acceptors (Lipinski definition) is 3. The minimum atomic E-state index is -0.125. The van der Waals surface area contributed by atoms with Gasteiger partial charge < -0.3 is 15.2 Å². The smallest absolute Gasteiger partial charge is 0.0610 e. The van der Waals surface area contributed by atoms with E-state index in [9.17, 15) is 5.11 Å². The van der Waals surface area contributed by atoms with Crippen LogP contribution in [-0.2, 0) is 4.74 Å². The molecule has 0 aliphatic carbocycles. The summed E-state index contributed by atoms with van der Waals surface area (Å²) in [5, 5.41) is 12.4. The topological polar surface area (TPSA) is 41.5 Å². The van der Waals surface area contributed by atoms with Gasteiger partial charge in [0, 0.05) is 18.8 Å². The Kier molecular flexibility index (Phi) is 11.9. The minimum Gasteiger partial charge on any atom is -0.394 e. The summed E-state index contributed by atoms with van der Waals surface area (Å²) >= 11 is 0. The van der Waals surface area contributed by atoms with Crippen LogP contribution in [0.15, 0.2) is 0 Å². The Morgan fingerprint density at radius 2 is 1.61 bits per heavy atom. The van der Waals surface area contributed by atoms with Gasteiger partial charge in [0.05, 0.1) is 6.61 Å². The Labute approximate surface area is 113 Å². The number of ether oxygens (including phenoxy) is 1. The fourth-order valence-corrected chi connectivity index (χ4v) is 1.91. The number of likely N-dealkylation sites (N-methyl/N-ethyl adjacent to an activating group) is 1. The van der Waals surface area contributed by atoms with Crippen molar-refractivity contribution in [3.8, 4) is 0 Å². The van der Waals surface area contributed by atoms with E-state index >= 15 is 0 Å². The average molecular weight is 259 g/mol. The molecule has 2 N–H and O–H groups in total. The molecule has 0 heterocycles. The third kappa shape index (κ3) is 9.86. The number of hydrogen-bond donors (Lipinski definition) is 2. The molecule has 3 heteroatoms. The zero-order chi connectivity index (χ0) is 13.7. The first-order valence-electron chi connectivity index (χ1n) is 7.56. The normalized spacial score (nSPS) is 14.7. The zero-order valence-electron chi connectivity index (χ0n) is 12.6. The van der Waals surface area contributed by atoms with E-state index in [2.05, 4.69) is 19.2 Å². The van der Waals surface area contributed by atoms with Crippen molar-refractivity contribution >= 4 is 0 Å². The first-order chi connectivity index (χ1) is 8.68. The monoisotopic (exact) mass is 259 g/mol. The van der Waals surface area contributed by atoms with Crippen molar-refractivity contribution in [1.29, 1.82) is 0 Å². The summed E-state index contributed by atoms with van der Waals surface area (Å²) in [6.07, 6.45) is 9.69. The Morgan fingerprint density at radius 3 is 2.17 bits per heavy atom. The van der Waals surface area contributed by atoms with E-state index in [1.54, 1.807) is 0 Å². The van der Waals surface area contributed by atoms with Crippen molar-refractivity contribution in [2.24, 2.45) is 0 Å². The highest BCUT2D eigenvalue weighted by Crippen LogP contribution is 2.12. The molecule has 0 radical (unpaired) electrons. The third-order valence-corrected chi connectivity index (χ3v) is 3.61. The standard InChI is InChI=1S/C15H33NO2/c1-4-5-6-7-9-12-18-13-10-8-11-15(2,14-17)16-3/h16-17H,4-14H2,1-3H3. The van der Waals surface area contributed by atoms with Gasteiger partial charge in [-0.3, -0.25) is 0 Å². The largest absolute Gasteiger partial charge is 0.394 e. The molecule has 110 valence electrons. The van der Waals surface area contributed by atoms with Crippen molar-refractivity contribution in [3.63, 3.8) is 0 Å². The van der Waals surface area contributed by atoms with Gasteiger partial charge in [0.2, 0.25) is 0 Å². The number of aliphatic hydroxyl groups is 1. The second-order valence-electron chi connectivity index (χ2n) is 5.45. The number of rotatable bonds is 13. The molecule has 1 unspecified atom stereocenters. The fraction of sp³-hybridized carbons (Fsp3) is 1.00. The van der Waals surface area contributed by atoms with Crippen molar-refractivity contribution in [2.75, 3.05) is 26.9 Å². The van der Waals surface area contributed by atoms with Crippen LogP contribution in [0.1, 0.15) is 65.2 Å². The lowest BCUT2D eigenvalue weighted by Gasteiger charge is -2.26.